The van der Waals surface area contributed by atoms with Gasteiger partial charge in [0.2, 0.25) is 5.91 Å². The topological polar surface area (TPSA) is 82.5 Å². The van der Waals surface area contributed by atoms with E-state index in [0.29, 0.717) is 18.6 Å². The molecule has 38 heavy (non-hydrogen) atoms. The zero-order valence-corrected chi connectivity index (χ0v) is 22.1. The van der Waals surface area contributed by atoms with Crippen LogP contribution in [0.4, 0.5) is 0 Å². The SMILES string of the molecule is COc1cccc(C=CC(=O)N(C)C2CCC3(O)[C@H]4Cc5ccc(O)c6c5[C@@]3(CCN4CC3CC3)C2O6)c1. The summed E-state index contributed by atoms with van der Waals surface area (Å²) in [5, 5.41) is 23.5. The molecular formula is C31H36N2O5. The van der Waals surface area contributed by atoms with Crippen LogP contribution in [-0.2, 0) is 16.6 Å². The molecule has 2 bridgehead atoms. The van der Waals surface area contributed by atoms with Gasteiger partial charge in [-0.15, -0.1) is 0 Å². The lowest BCUT2D eigenvalue weighted by atomic mass is 9.48. The molecule has 0 radical (unpaired) electrons. The van der Waals surface area contributed by atoms with Crippen molar-refractivity contribution in [2.45, 2.75) is 67.7 Å². The van der Waals surface area contributed by atoms with Crippen molar-refractivity contribution >= 4 is 12.0 Å². The van der Waals surface area contributed by atoms with Crippen molar-refractivity contribution in [1.82, 2.24) is 9.80 Å². The molecule has 2 aliphatic heterocycles. The highest BCUT2D eigenvalue weighted by molar-refractivity contribution is 5.92. The standard InChI is InChI=1S/C31H36N2O5/c1-32(26(35)11-8-19-4-3-5-22(16-19)37-2)23-12-13-31(36)25-17-21-9-10-24(34)28-27(21)30(31,29(23)38-28)14-15-33(25)18-20-6-7-20/h3-5,8-11,16,20,23,25,29,34,36H,6-7,12-15,17-18H2,1-2H3/t23?,25-,29?,30+,31?/m1/s1. The Morgan fingerprint density at radius 1 is 1.24 bits per heavy atom. The molecule has 5 aliphatic rings. The third-order valence-corrected chi connectivity index (χ3v) is 10.1. The number of aromatic hydroxyl groups is 1. The van der Waals surface area contributed by atoms with E-state index < -0.39 is 17.1 Å². The third-order valence-electron chi connectivity index (χ3n) is 10.1. The second-order valence-corrected chi connectivity index (χ2v) is 12.0. The van der Waals surface area contributed by atoms with Crippen LogP contribution in [0.5, 0.6) is 17.2 Å². The summed E-state index contributed by atoms with van der Waals surface area (Å²) in [6.45, 7) is 1.95. The van der Waals surface area contributed by atoms with Crippen molar-refractivity contribution in [1.29, 1.82) is 0 Å². The second-order valence-electron chi connectivity index (χ2n) is 12.0. The molecular weight excluding hydrogens is 480 g/mol. The lowest BCUT2D eigenvalue weighted by Gasteiger charge is -2.64. The normalized spacial score (nSPS) is 33.1. The Kier molecular flexibility index (Phi) is 5.37. The van der Waals surface area contributed by atoms with E-state index in [1.807, 2.05) is 37.4 Å². The average molecular weight is 517 g/mol. The predicted molar refractivity (Wildman–Crippen MR) is 143 cm³/mol. The van der Waals surface area contributed by atoms with E-state index in [1.54, 1.807) is 30.2 Å². The molecule has 1 spiro atoms. The number of nitrogens with zero attached hydrogens (tertiary/aromatic N) is 2. The van der Waals surface area contributed by atoms with Gasteiger partial charge in [-0.05, 0) is 86.4 Å². The molecule has 2 N–H and O–H groups in total. The average Bonchev–Trinajstić information content (AvgIpc) is 3.67. The van der Waals surface area contributed by atoms with Crippen LogP contribution in [0.1, 0.15) is 48.8 Å². The van der Waals surface area contributed by atoms with E-state index in [2.05, 4.69) is 4.90 Å². The first-order valence-electron chi connectivity index (χ1n) is 13.9. The first-order chi connectivity index (χ1) is 18.4. The van der Waals surface area contributed by atoms with Crippen molar-refractivity contribution < 1.29 is 24.5 Å². The molecule has 1 saturated heterocycles. The molecule has 200 valence electrons. The maximum Gasteiger partial charge on any atom is 0.246 e. The van der Waals surface area contributed by atoms with Crippen LogP contribution in [0.2, 0.25) is 0 Å². The quantitative estimate of drug-likeness (QED) is 0.572. The Morgan fingerprint density at radius 3 is 2.87 bits per heavy atom. The number of hydrogen-bond donors (Lipinski definition) is 2. The second kappa shape index (κ2) is 8.48. The van der Waals surface area contributed by atoms with Crippen molar-refractivity contribution in [3.05, 3.63) is 59.2 Å². The number of ether oxygens (including phenoxy) is 2. The molecule has 3 aliphatic carbocycles. The van der Waals surface area contributed by atoms with Gasteiger partial charge in [0.25, 0.3) is 0 Å². The van der Waals surface area contributed by atoms with Crippen LogP contribution >= 0.6 is 0 Å². The van der Waals surface area contributed by atoms with E-state index in [0.717, 1.165) is 48.7 Å². The fourth-order valence-corrected chi connectivity index (χ4v) is 8.05. The van der Waals surface area contributed by atoms with Crippen molar-refractivity contribution in [2.75, 3.05) is 27.2 Å². The van der Waals surface area contributed by atoms with Gasteiger partial charge in [0.15, 0.2) is 11.5 Å². The Bertz CT molecular complexity index is 1320. The molecule has 2 aromatic carbocycles. The lowest BCUT2D eigenvalue weighted by Crippen LogP contribution is -2.78. The highest BCUT2D eigenvalue weighted by Crippen LogP contribution is 2.66. The first kappa shape index (κ1) is 24.0. The number of phenols is 1. The Balaban J connectivity index is 1.23. The number of methoxy groups -OCH3 is 1. The number of carbonyl (C=O) groups excluding carboxylic acids is 1. The van der Waals surface area contributed by atoms with E-state index in [1.165, 1.54) is 18.4 Å². The van der Waals surface area contributed by atoms with Crippen LogP contribution < -0.4 is 9.47 Å². The summed E-state index contributed by atoms with van der Waals surface area (Å²) in [6, 6.07) is 11.2. The van der Waals surface area contributed by atoms with E-state index in [-0.39, 0.29) is 23.7 Å². The van der Waals surface area contributed by atoms with E-state index in [9.17, 15) is 15.0 Å². The maximum atomic E-state index is 13.4. The minimum atomic E-state index is -0.951. The maximum absolute atomic E-state index is 13.4. The molecule has 3 fully saturated rings. The minimum absolute atomic E-state index is 0.0286. The third kappa shape index (κ3) is 3.31. The van der Waals surface area contributed by atoms with Crippen LogP contribution in [0.15, 0.2) is 42.5 Å². The molecule has 7 nitrogen and oxygen atoms in total. The highest BCUT2D eigenvalue weighted by Gasteiger charge is 2.73. The monoisotopic (exact) mass is 516 g/mol. The fourth-order valence-electron chi connectivity index (χ4n) is 8.05. The van der Waals surface area contributed by atoms with Gasteiger partial charge in [-0.1, -0.05) is 18.2 Å². The minimum Gasteiger partial charge on any atom is -0.504 e. The summed E-state index contributed by atoms with van der Waals surface area (Å²) in [6.07, 6.45) is 8.35. The molecule has 2 heterocycles. The van der Waals surface area contributed by atoms with Gasteiger partial charge >= 0.3 is 0 Å². The Morgan fingerprint density at radius 2 is 2.08 bits per heavy atom. The summed E-state index contributed by atoms with van der Waals surface area (Å²) in [5.74, 6) is 2.02. The van der Waals surface area contributed by atoms with Crippen molar-refractivity contribution in [3.8, 4) is 17.2 Å². The van der Waals surface area contributed by atoms with Gasteiger partial charge in [-0.2, -0.15) is 0 Å². The molecule has 0 aromatic heterocycles. The van der Waals surface area contributed by atoms with Gasteiger partial charge in [0, 0.05) is 31.3 Å². The smallest absolute Gasteiger partial charge is 0.246 e. The summed E-state index contributed by atoms with van der Waals surface area (Å²) >= 11 is 0. The summed E-state index contributed by atoms with van der Waals surface area (Å²) < 4.78 is 11.9. The molecule has 7 heteroatoms. The van der Waals surface area contributed by atoms with E-state index in [4.69, 9.17) is 9.47 Å². The number of hydrogen-bond acceptors (Lipinski definition) is 6. The van der Waals surface area contributed by atoms with Gasteiger partial charge in [0.1, 0.15) is 11.9 Å². The van der Waals surface area contributed by atoms with Gasteiger partial charge in [0.05, 0.1) is 24.2 Å². The predicted octanol–water partition coefficient (Wildman–Crippen LogP) is 3.51. The fraction of sp³-hybridized carbons (Fsp3) is 0.516. The first-order valence-corrected chi connectivity index (χ1v) is 13.9. The van der Waals surface area contributed by atoms with Crippen LogP contribution in [-0.4, -0.2) is 77.0 Å². The largest absolute Gasteiger partial charge is 0.504 e. The number of piperidine rings is 1. The van der Waals surface area contributed by atoms with Gasteiger partial charge in [-0.3, -0.25) is 9.69 Å². The number of likely N-dealkylation sites (N-methyl/N-ethyl adjacent to an activating group) is 1. The molecule has 3 unspecified atom stereocenters. The number of aliphatic hydroxyl groups is 1. The van der Waals surface area contributed by atoms with Crippen LogP contribution in [0, 0.1) is 5.92 Å². The van der Waals surface area contributed by atoms with Crippen LogP contribution in [0.3, 0.4) is 0 Å². The lowest BCUT2D eigenvalue weighted by molar-refractivity contribution is -0.200. The van der Waals surface area contributed by atoms with Gasteiger partial charge < -0.3 is 24.6 Å². The summed E-state index contributed by atoms with van der Waals surface area (Å²) in [7, 11) is 3.46. The Hall–Kier alpha value is -3.03. The zero-order chi connectivity index (χ0) is 26.2. The zero-order valence-electron chi connectivity index (χ0n) is 22.1. The molecule has 2 aromatic rings. The molecule has 1 amide bonds. The van der Waals surface area contributed by atoms with Gasteiger partial charge in [-0.25, -0.2) is 0 Å². The number of phenolic OH excluding ortho intramolecular Hbond substituents is 1. The summed E-state index contributed by atoms with van der Waals surface area (Å²) in [5.41, 5.74) is 1.47. The number of carbonyl (C=O) groups is 1. The number of amides is 1. The number of benzene rings is 2. The highest BCUT2D eigenvalue weighted by atomic mass is 16.5. The van der Waals surface area contributed by atoms with Crippen molar-refractivity contribution in [3.63, 3.8) is 0 Å². The molecule has 2 saturated carbocycles. The molecule has 7 rings (SSSR count). The number of rotatable bonds is 6. The summed E-state index contributed by atoms with van der Waals surface area (Å²) in [4.78, 5) is 17.7. The van der Waals surface area contributed by atoms with Crippen molar-refractivity contribution in [2.24, 2.45) is 5.92 Å². The Labute approximate surface area is 223 Å². The number of likely N-dealkylation sites (tertiary alicyclic amines) is 1. The van der Waals surface area contributed by atoms with E-state index >= 15 is 0 Å². The van der Waals surface area contributed by atoms with Crippen LogP contribution in [0.25, 0.3) is 6.08 Å². The molecule has 5 atom stereocenters.